The molecule has 0 amide bonds. The van der Waals surface area contributed by atoms with Crippen LogP contribution in [0.4, 0.5) is 0 Å². The molecular weight excluding hydrogens is 238 g/mol. The molecule has 0 saturated carbocycles. The summed E-state index contributed by atoms with van der Waals surface area (Å²) in [6, 6.07) is 0. The van der Waals surface area contributed by atoms with E-state index in [-0.39, 0.29) is 5.69 Å². The van der Waals surface area contributed by atoms with Crippen LogP contribution in [0.1, 0.15) is 34.5 Å². The molecule has 0 aliphatic carbocycles. The van der Waals surface area contributed by atoms with Crippen molar-refractivity contribution in [3.63, 3.8) is 0 Å². The van der Waals surface area contributed by atoms with Crippen LogP contribution in [0.15, 0.2) is 17.9 Å². The lowest BCUT2D eigenvalue weighted by Crippen LogP contribution is -1.98. The molecule has 2 heterocycles. The predicted octanol–water partition coefficient (Wildman–Crippen LogP) is 2.04. The predicted molar refractivity (Wildman–Crippen MR) is 64.4 cm³/mol. The fourth-order valence-corrected chi connectivity index (χ4v) is 2.39. The van der Waals surface area contributed by atoms with Crippen molar-refractivity contribution in [2.24, 2.45) is 0 Å². The van der Waals surface area contributed by atoms with E-state index in [2.05, 4.69) is 16.9 Å². The molecule has 1 N–H and O–H groups in total. The van der Waals surface area contributed by atoms with Gasteiger partial charge in [0, 0.05) is 11.6 Å². The second kappa shape index (κ2) is 5.09. The highest BCUT2D eigenvalue weighted by Gasteiger charge is 2.07. The largest absolute Gasteiger partial charge is 0.476 e. The Morgan fingerprint density at radius 2 is 2.41 bits per heavy atom. The van der Waals surface area contributed by atoms with Gasteiger partial charge in [0.15, 0.2) is 5.69 Å². The Bertz CT molecular complexity index is 518. The molecule has 2 rings (SSSR count). The minimum atomic E-state index is -1.01. The summed E-state index contributed by atoms with van der Waals surface area (Å²) in [7, 11) is 0. The van der Waals surface area contributed by atoms with Crippen LogP contribution in [0.2, 0.25) is 0 Å². The second-order valence-electron chi connectivity index (χ2n) is 3.72. The molecule has 0 spiro atoms. The molecule has 17 heavy (non-hydrogen) atoms. The second-order valence-corrected chi connectivity index (χ2v) is 4.66. The van der Waals surface area contributed by atoms with Crippen LogP contribution in [-0.4, -0.2) is 25.6 Å². The van der Waals surface area contributed by atoms with Gasteiger partial charge in [0.25, 0.3) is 0 Å². The quantitative estimate of drug-likeness (QED) is 0.883. The Morgan fingerprint density at radius 3 is 3.06 bits per heavy atom. The van der Waals surface area contributed by atoms with Crippen LogP contribution in [0.3, 0.4) is 0 Å². The smallest absolute Gasteiger partial charge is 0.356 e. The number of rotatable bonds is 5. The molecule has 0 bridgehead atoms. The zero-order chi connectivity index (χ0) is 12.3. The summed E-state index contributed by atoms with van der Waals surface area (Å²) in [5.41, 5.74) is 1.02. The van der Waals surface area contributed by atoms with Gasteiger partial charge in [-0.15, -0.1) is 11.3 Å². The molecule has 0 aliphatic rings. The molecule has 6 heteroatoms. The van der Waals surface area contributed by atoms with E-state index in [0.717, 1.165) is 23.5 Å². The molecule has 90 valence electrons. The van der Waals surface area contributed by atoms with Crippen LogP contribution in [0.25, 0.3) is 0 Å². The average Bonchev–Trinajstić information content (AvgIpc) is 2.89. The lowest BCUT2D eigenvalue weighted by Gasteiger charge is -1.96. The number of carbonyl (C=O) groups is 1. The van der Waals surface area contributed by atoms with E-state index in [1.165, 1.54) is 12.5 Å². The molecule has 2 aromatic rings. The van der Waals surface area contributed by atoms with Crippen molar-refractivity contribution in [1.82, 2.24) is 14.5 Å². The first-order valence-corrected chi connectivity index (χ1v) is 6.25. The first kappa shape index (κ1) is 11.8. The SMILES string of the molecule is CCCc1nc(Cn2cnc(C(=O)O)c2)cs1. The molecule has 2 aromatic heterocycles. The van der Waals surface area contributed by atoms with Crippen LogP contribution in [-0.2, 0) is 13.0 Å². The zero-order valence-corrected chi connectivity index (χ0v) is 10.3. The molecule has 0 radical (unpaired) electrons. The Labute approximate surface area is 103 Å². The van der Waals surface area contributed by atoms with Crippen molar-refractivity contribution in [2.45, 2.75) is 26.3 Å². The summed E-state index contributed by atoms with van der Waals surface area (Å²) in [6.45, 7) is 2.69. The number of hydrogen-bond acceptors (Lipinski definition) is 4. The van der Waals surface area contributed by atoms with Gasteiger partial charge in [0.2, 0.25) is 0 Å². The summed E-state index contributed by atoms with van der Waals surface area (Å²) < 4.78 is 1.73. The highest BCUT2D eigenvalue weighted by molar-refractivity contribution is 7.09. The zero-order valence-electron chi connectivity index (χ0n) is 9.46. The van der Waals surface area contributed by atoms with Gasteiger partial charge in [-0.05, 0) is 12.8 Å². The fraction of sp³-hybridized carbons (Fsp3) is 0.364. The van der Waals surface area contributed by atoms with Crippen LogP contribution in [0, 0.1) is 0 Å². The van der Waals surface area contributed by atoms with Crippen molar-refractivity contribution in [3.05, 3.63) is 34.3 Å². The van der Waals surface area contributed by atoms with Gasteiger partial charge in [-0.3, -0.25) is 0 Å². The molecule has 5 nitrogen and oxygen atoms in total. The van der Waals surface area contributed by atoms with E-state index in [1.54, 1.807) is 15.9 Å². The summed E-state index contributed by atoms with van der Waals surface area (Å²) in [4.78, 5) is 18.9. The van der Waals surface area contributed by atoms with Gasteiger partial charge in [-0.1, -0.05) is 6.92 Å². The molecule has 0 aliphatic heterocycles. The third-order valence-corrected chi connectivity index (χ3v) is 3.22. The number of aromatic carboxylic acids is 1. The first-order valence-electron chi connectivity index (χ1n) is 5.37. The Balaban J connectivity index is 2.05. The highest BCUT2D eigenvalue weighted by atomic mass is 32.1. The highest BCUT2D eigenvalue weighted by Crippen LogP contribution is 2.13. The summed E-state index contributed by atoms with van der Waals surface area (Å²) in [5.74, 6) is -1.01. The maximum atomic E-state index is 10.7. The van der Waals surface area contributed by atoms with Gasteiger partial charge in [0.05, 0.1) is 23.6 Å². The van der Waals surface area contributed by atoms with E-state index in [0.29, 0.717) is 6.54 Å². The molecule has 0 unspecified atom stereocenters. The molecule has 0 fully saturated rings. The van der Waals surface area contributed by atoms with Crippen molar-refractivity contribution >= 4 is 17.3 Å². The first-order chi connectivity index (χ1) is 8.19. The van der Waals surface area contributed by atoms with E-state index in [4.69, 9.17) is 5.11 Å². The number of thiazole rings is 1. The molecule has 0 aromatic carbocycles. The van der Waals surface area contributed by atoms with Crippen molar-refractivity contribution in [1.29, 1.82) is 0 Å². The Morgan fingerprint density at radius 1 is 1.59 bits per heavy atom. The minimum Gasteiger partial charge on any atom is -0.476 e. The summed E-state index contributed by atoms with van der Waals surface area (Å²) >= 11 is 1.65. The van der Waals surface area contributed by atoms with Crippen LogP contribution in [0.5, 0.6) is 0 Å². The topological polar surface area (TPSA) is 68.0 Å². The molecule has 0 saturated heterocycles. The van der Waals surface area contributed by atoms with Gasteiger partial charge in [-0.2, -0.15) is 0 Å². The van der Waals surface area contributed by atoms with Gasteiger partial charge in [0.1, 0.15) is 0 Å². The van der Waals surface area contributed by atoms with E-state index < -0.39 is 5.97 Å². The molecular formula is C11H13N3O2S. The lowest BCUT2D eigenvalue weighted by atomic mass is 10.3. The van der Waals surface area contributed by atoms with E-state index in [9.17, 15) is 4.79 Å². The van der Waals surface area contributed by atoms with Gasteiger partial charge < -0.3 is 9.67 Å². The number of carboxylic acids is 1. The lowest BCUT2D eigenvalue weighted by molar-refractivity contribution is 0.0691. The number of aryl methyl sites for hydroxylation is 1. The van der Waals surface area contributed by atoms with Gasteiger partial charge in [-0.25, -0.2) is 14.8 Å². The monoisotopic (exact) mass is 251 g/mol. The fourth-order valence-electron chi connectivity index (χ4n) is 1.49. The van der Waals surface area contributed by atoms with Crippen molar-refractivity contribution in [2.75, 3.05) is 0 Å². The summed E-state index contributed by atoms with van der Waals surface area (Å²) in [5, 5.41) is 11.9. The maximum absolute atomic E-state index is 10.7. The number of imidazole rings is 1. The normalized spacial score (nSPS) is 10.6. The van der Waals surface area contributed by atoms with Gasteiger partial charge >= 0.3 is 5.97 Å². The third-order valence-electron chi connectivity index (χ3n) is 2.26. The Hall–Kier alpha value is -1.69. The van der Waals surface area contributed by atoms with Crippen molar-refractivity contribution in [3.8, 4) is 0 Å². The Kier molecular flexibility index (Phi) is 3.53. The average molecular weight is 251 g/mol. The maximum Gasteiger partial charge on any atom is 0.356 e. The van der Waals surface area contributed by atoms with Crippen LogP contribution < -0.4 is 0 Å². The molecule has 0 atom stereocenters. The standard InChI is InChI=1S/C11H13N3O2S/c1-2-3-10-13-8(6-17-10)4-14-5-9(11(15)16)12-7-14/h5-7H,2-4H2,1H3,(H,15,16). The summed E-state index contributed by atoms with van der Waals surface area (Å²) in [6.07, 6.45) is 5.11. The third kappa shape index (κ3) is 2.91. The van der Waals surface area contributed by atoms with E-state index in [1.807, 2.05) is 5.38 Å². The number of carboxylic acid groups (broad SMARTS) is 1. The minimum absolute atomic E-state index is 0.0639. The van der Waals surface area contributed by atoms with Crippen LogP contribution >= 0.6 is 11.3 Å². The van der Waals surface area contributed by atoms with Crippen molar-refractivity contribution < 1.29 is 9.90 Å². The van der Waals surface area contributed by atoms with E-state index >= 15 is 0 Å². The number of aromatic nitrogens is 3. The number of nitrogens with zero attached hydrogens (tertiary/aromatic N) is 3. The number of hydrogen-bond donors (Lipinski definition) is 1.